The lowest BCUT2D eigenvalue weighted by molar-refractivity contribution is 0.0944. The van der Waals surface area contributed by atoms with Crippen LogP contribution in [0.4, 0.5) is 5.69 Å². The van der Waals surface area contributed by atoms with Crippen molar-refractivity contribution in [1.29, 1.82) is 0 Å². The summed E-state index contributed by atoms with van der Waals surface area (Å²) in [6.07, 6.45) is 7.00. The number of rotatable bonds is 10. The van der Waals surface area contributed by atoms with Crippen molar-refractivity contribution in [3.05, 3.63) is 88.7 Å². The summed E-state index contributed by atoms with van der Waals surface area (Å²) in [6, 6.07) is 17.4. The van der Waals surface area contributed by atoms with E-state index in [1.165, 1.54) is 16.8 Å². The van der Waals surface area contributed by atoms with E-state index in [0.29, 0.717) is 18.6 Å². The van der Waals surface area contributed by atoms with Gasteiger partial charge in [-0.1, -0.05) is 18.2 Å². The summed E-state index contributed by atoms with van der Waals surface area (Å²) in [7, 11) is 1.71. The molecule has 0 unspecified atom stereocenters. The van der Waals surface area contributed by atoms with Crippen LogP contribution in [0, 0.1) is 20.8 Å². The molecule has 1 aliphatic rings. The third-order valence-electron chi connectivity index (χ3n) is 8.01. The largest absolute Gasteiger partial charge is 0.497 e. The molecule has 38 heavy (non-hydrogen) atoms. The number of hydrogen-bond donors (Lipinski definition) is 1. The second kappa shape index (κ2) is 12.9. The molecule has 0 saturated carbocycles. The molecule has 2 heterocycles. The number of hydrogen-bond acceptors (Lipinski definition) is 5. The zero-order valence-corrected chi connectivity index (χ0v) is 23.5. The number of benzene rings is 2. The normalized spacial score (nSPS) is 15.2. The molecule has 6 heteroatoms. The Kier molecular flexibility index (Phi) is 9.40. The van der Waals surface area contributed by atoms with Gasteiger partial charge in [0, 0.05) is 61.9 Å². The molecule has 0 radical (unpaired) electrons. The van der Waals surface area contributed by atoms with Gasteiger partial charge in [-0.15, -0.1) is 0 Å². The van der Waals surface area contributed by atoms with Crippen molar-refractivity contribution >= 4 is 11.6 Å². The first kappa shape index (κ1) is 27.6. The van der Waals surface area contributed by atoms with Gasteiger partial charge in [0.15, 0.2) is 0 Å². The van der Waals surface area contributed by atoms with Crippen molar-refractivity contribution in [1.82, 2.24) is 15.2 Å². The average Bonchev–Trinajstić information content (AvgIpc) is 2.93. The van der Waals surface area contributed by atoms with Gasteiger partial charge < -0.3 is 19.9 Å². The predicted octanol–water partition coefficient (Wildman–Crippen LogP) is 5.70. The van der Waals surface area contributed by atoms with Gasteiger partial charge in [-0.05, 0) is 99.5 Å². The number of aryl methyl sites for hydroxylation is 3. The first-order valence-electron chi connectivity index (χ1n) is 13.8. The number of pyridine rings is 1. The van der Waals surface area contributed by atoms with E-state index in [1.807, 2.05) is 56.6 Å². The van der Waals surface area contributed by atoms with Crippen molar-refractivity contribution in [2.24, 2.45) is 0 Å². The molecule has 1 aliphatic heterocycles. The van der Waals surface area contributed by atoms with E-state index in [-0.39, 0.29) is 5.91 Å². The molecule has 1 aromatic heterocycles. The number of piperidine rings is 1. The molecule has 0 spiro atoms. The number of carbonyl (C=O) groups excluding carboxylic acids is 1. The summed E-state index contributed by atoms with van der Waals surface area (Å²) >= 11 is 0. The van der Waals surface area contributed by atoms with Crippen molar-refractivity contribution in [3.63, 3.8) is 0 Å². The van der Waals surface area contributed by atoms with Crippen LogP contribution in [0.1, 0.15) is 58.8 Å². The maximum Gasteiger partial charge on any atom is 0.251 e. The van der Waals surface area contributed by atoms with E-state index in [0.717, 1.165) is 61.3 Å². The van der Waals surface area contributed by atoms with Gasteiger partial charge in [0.2, 0.25) is 0 Å². The van der Waals surface area contributed by atoms with Gasteiger partial charge in [-0.2, -0.15) is 0 Å². The Morgan fingerprint density at radius 1 is 1.05 bits per heavy atom. The fourth-order valence-electron chi connectivity index (χ4n) is 5.53. The van der Waals surface area contributed by atoms with Gasteiger partial charge in [-0.25, -0.2) is 0 Å². The molecular formula is C32H42N4O2. The maximum atomic E-state index is 12.8. The second-order valence-corrected chi connectivity index (χ2v) is 10.6. The lowest BCUT2D eigenvalue weighted by atomic mass is 9.98. The van der Waals surface area contributed by atoms with Crippen molar-refractivity contribution in [2.45, 2.75) is 65.6 Å². The van der Waals surface area contributed by atoms with Crippen LogP contribution in [-0.4, -0.2) is 54.6 Å². The summed E-state index contributed by atoms with van der Waals surface area (Å²) in [5.74, 6) is 0.909. The second-order valence-electron chi connectivity index (χ2n) is 10.6. The van der Waals surface area contributed by atoms with Gasteiger partial charge in [0.25, 0.3) is 5.91 Å². The van der Waals surface area contributed by atoms with E-state index >= 15 is 0 Å². The highest BCUT2D eigenvalue weighted by Crippen LogP contribution is 2.29. The molecule has 0 aliphatic carbocycles. The van der Waals surface area contributed by atoms with Crippen LogP contribution in [0.5, 0.6) is 5.75 Å². The predicted molar refractivity (Wildman–Crippen MR) is 155 cm³/mol. The minimum atomic E-state index is 0.0346. The Morgan fingerprint density at radius 2 is 1.74 bits per heavy atom. The third-order valence-corrected chi connectivity index (χ3v) is 8.01. The van der Waals surface area contributed by atoms with Crippen LogP contribution in [0.2, 0.25) is 0 Å². The Morgan fingerprint density at radius 3 is 2.37 bits per heavy atom. The number of methoxy groups -OCH3 is 1. The van der Waals surface area contributed by atoms with Crippen LogP contribution >= 0.6 is 0 Å². The van der Waals surface area contributed by atoms with Crippen LogP contribution in [-0.2, 0) is 6.54 Å². The van der Waals surface area contributed by atoms with E-state index in [1.54, 1.807) is 7.11 Å². The van der Waals surface area contributed by atoms with Crippen molar-refractivity contribution in [2.75, 3.05) is 31.6 Å². The van der Waals surface area contributed by atoms with Gasteiger partial charge in [0.1, 0.15) is 5.75 Å². The monoisotopic (exact) mass is 514 g/mol. The van der Waals surface area contributed by atoms with Gasteiger partial charge in [0.05, 0.1) is 7.11 Å². The number of aromatic nitrogens is 1. The molecule has 1 amide bonds. The molecule has 3 aromatic rings. The highest BCUT2D eigenvalue weighted by Gasteiger charge is 2.27. The number of ether oxygens (including phenoxy) is 1. The maximum absolute atomic E-state index is 12.8. The fourth-order valence-corrected chi connectivity index (χ4v) is 5.53. The number of anilines is 1. The Hall–Kier alpha value is -3.38. The van der Waals surface area contributed by atoms with Crippen LogP contribution in [0.25, 0.3) is 0 Å². The summed E-state index contributed by atoms with van der Waals surface area (Å²) in [5.41, 5.74) is 6.62. The summed E-state index contributed by atoms with van der Waals surface area (Å²) < 4.78 is 5.39. The molecule has 2 aromatic carbocycles. The quantitative estimate of drug-likeness (QED) is 0.376. The van der Waals surface area contributed by atoms with Crippen LogP contribution in [0.3, 0.4) is 0 Å². The lowest BCUT2D eigenvalue weighted by Gasteiger charge is -2.42. The number of likely N-dealkylation sites (tertiary alicyclic amines) is 1. The molecule has 4 rings (SSSR count). The third kappa shape index (κ3) is 6.73. The van der Waals surface area contributed by atoms with E-state index in [9.17, 15) is 4.79 Å². The molecule has 1 saturated heterocycles. The van der Waals surface area contributed by atoms with Crippen molar-refractivity contribution in [3.8, 4) is 5.75 Å². The van der Waals surface area contributed by atoms with E-state index in [4.69, 9.17) is 4.74 Å². The highest BCUT2D eigenvalue weighted by molar-refractivity contribution is 5.97. The van der Waals surface area contributed by atoms with Crippen LogP contribution in [0.15, 0.2) is 60.9 Å². The number of amides is 1. The Labute approximate surface area is 228 Å². The fraction of sp³-hybridized carbons (Fsp3) is 0.438. The minimum Gasteiger partial charge on any atom is -0.497 e. The summed E-state index contributed by atoms with van der Waals surface area (Å²) in [6.45, 7) is 12.1. The lowest BCUT2D eigenvalue weighted by Crippen LogP contribution is -2.48. The Balaban J connectivity index is 1.34. The topological polar surface area (TPSA) is 57.7 Å². The molecule has 1 N–H and O–H groups in total. The smallest absolute Gasteiger partial charge is 0.251 e. The average molecular weight is 515 g/mol. The highest BCUT2D eigenvalue weighted by atomic mass is 16.5. The zero-order valence-electron chi connectivity index (χ0n) is 23.5. The molecule has 1 fully saturated rings. The molecule has 6 nitrogen and oxygen atoms in total. The molecule has 202 valence electrons. The first-order valence-corrected chi connectivity index (χ1v) is 13.8. The SMILES string of the molecule is COc1ccc(N(Cc2cnccc2C)C2CCN([C@H](C)CCNC(=O)c3c(C)cccc3C)CC2)cc1. The number of nitrogens with one attached hydrogen (secondary N) is 1. The summed E-state index contributed by atoms with van der Waals surface area (Å²) in [5, 5.41) is 3.15. The molecule has 1 atom stereocenters. The van der Waals surface area contributed by atoms with Crippen LogP contribution < -0.4 is 15.0 Å². The molecule has 0 bridgehead atoms. The van der Waals surface area contributed by atoms with E-state index < -0.39 is 0 Å². The number of nitrogens with zero attached hydrogens (tertiary/aromatic N) is 3. The standard InChI is InChI=1S/C32H42N4O2/c1-23-13-17-33-21-27(23)22-36(28-9-11-30(38-5)12-10-28)29-15-19-35(20-16-29)26(4)14-18-34-32(37)31-24(2)7-6-8-25(31)3/h6-13,17,21,26,29H,14-16,18-20,22H2,1-5H3,(H,34,37)/t26-/m1/s1. The number of carbonyl (C=O) groups is 1. The van der Waals surface area contributed by atoms with E-state index in [2.05, 4.69) is 52.1 Å². The Bertz CT molecular complexity index is 1180. The van der Waals surface area contributed by atoms with Crippen molar-refractivity contribution < 1.29 is 9.53 Å². The first-order chi connectivity index (χ1) is 18.4. The summed E-state index contributed by atoms with van der Waals surface area (Å²) in [4.78, 5) is 22.3. The van der Waals surface area contributed by atoms with Gasteiger partial charge >= 0.3 is 0 Å². The van der Waals surface area contributed by atoms with Gasteiger partial charge in [-0.3, -0.25) is 9.78 Å². The minimum absolute atomic E-state index is 0.0346. The molecular weight excluding hydrogens is 472 g/mol. The zero-order chi connectivity index (χ0) is 27.1.